The molecule has 8 heteroatoms. The van der Waals surface area contributed by atoms with Crippen molar-refractivity contribution >= 4 is 27.5 Å². The number of anilines is 1. The van der Waals surface area contributed by atoms with Crippen molar-refractivity contribution in [1.82, 2.24) is 9.62 Å². The fourth-order valence-corrected chi connectivity index (χ4v) is 6.09. The van der Waals surface area contributed by atoms with E-state index < -0.39 is 10.0 Å². The molecule has 0 unspecified atom stereocenters. The second-order valence-electron chi connectivity index (χ2n) is 8.88. The minimum Gasteiger partial charge on any atom is -0.348 e. The Morgan fingerprint density at radius 1 is 0.886 bits per heavy atom. The molecule has 2 heterocycles. The van der Waals surface area contributed by atoms with Gasteiger partial charge in [0.15, 0.2) is 0 Å². The Kier molecular flexibility index (Phi) is 6.40. The summed E-state index contributed by atoms with van der Waals surface area (Å²) in [6.45, 7) is 1.77. The van der Waals surface area contributed by atoms with E-state index in [9.17, 15) is 18.0 Å². The van der Waals surface area contributed by atoms with Crippen LogP contribution in [-0.2, 0) is 34.3 Å². The Hall–Kier alpha value is -3.49. The van der Waals surface area contributed by atoms with E-state index in [4.69, 9.17) is 0 Å². The van der Waals surface area contributed by atoms with Crippen LogP contribution in [0.3, 0.4) is 0 Å². The first-order valence-electron chi connectivity index (χ1n) is 11.8. The van der Waals surface area contributed by atoms with Gasteiger partial charge in [0.25, 0.3) is 5.91 Å². The lowest BCUT2D eigenvalue weighted by molar-refractivity contribution is -0.117. The van der Waals surface area contributed by atoms with Gasteiger partial charge in [-0.3, -0.25) is 9.59 Å². The summed E-state index contributed by atoms with van der Waals surface area (Å²) in [5.41, 5.74) is 4.23. The summed E-state index contributed by atoms with van der Waals surface area (Å²) >= 11 is 0. The molecule has 35 heavy (non-hydrogen) atoms. The zero-order valence-electron chi connectivity index (χ0n) is 19.3. The van der Waals surface area contributed by atoms with E-state index in [0.717, 1.165) is 29.8 Å². The van der Waals surface area contributed by atoms with Gasteiger partial charge in [-0.05, 0) is 59.9 Å². The van der Waals surface area contributed by atoms with E-state index >= 15 is 0 Å². The van der Waals surface area contributed by atoms with Crippen molar-refractivity contribution in [2.75, 3.05) is 18.0 Å². The summed E-state index contributed by atoms with van der Waals surface area (Å²) in [6.07, 6.45) is 2.12. The van der Waals surface area contributed by atoms with Gasteiger partial charge in [-0.25, -0.2) is 8.42 Å². The topological polar surface area (TPSA) is 86.8 Å². The Bertz CT molecular complexity index is 1370. The maximum atomic E-state index is 13.3. The summed E-state index contributed by atoms with van der Waals surface area (Å²) in [6, 6.07) is 21.6. The quantitative estimate of drug-likeness (QED) is 0.574. The highest BCUT2D eigenvalue weighted by molar-refractivity contribution is 7.89. The minimum absolute atomic E-state index is 0.115. The fourth-order valence-electron chi connectivity index (χ4n) is 4.62. The van der Waals surface area contributed by atoms with Crippen LogP contribution in [0.2, 0.25) is 0 Å². The number of hydrogen-bond acceptors (Lipinski definition) is 4. The van der Waals surface area contributed by atoms with Gasteiger partial charge in [-0.15, -0.1) is 0 Å². The Morgan fingerprint density at radius 2 is 1.66 bits per heavy atom. The number of rotatable bonds is 6. The molecule has 1 N–H and O–H groups in total. The first kappa shape index (κ1) is 23.3. The van der Waals surface area contributed by atoms with E-state index in [2.05, 4.69) is 5.32 Å². The van der Waals surface area contributed by atoms with Crippen LogP contribution in [0.15, 0.2) is 77.7 Å². The lowest BCUT2D eigenvalue weighted by Crippen LogP contribution is -2.36. The second-order valence-corrected chi connectivity index (χ2v) is 10.8. The van der Waals surface area contributed by atoms with E-state index in [1.165, 1.54) is 22.0 Å². The number of benzene rings is 3. The van der Waals surface area contributed by atoms with Crippen LogP contribution < -0.4 is 10.2 Å². The number of amides is 2. The smallest absolute Gasteiger partial charge is 0.251 e. The van der Waals surface area contributed by atoms with Crippen molar-refractivity contribution in [2.24, 2.45) is 0 Å². The third kappa shape index (κ3) is 4.85. The van der Waals surface area contributed by atoms with Crippen molar-refractivity contribution in [3.8, 4) is 0 Å². The van der Waals surface area contributed by atoms with Gasteiger partial charge in [0.05, 0.1) is 4.90 Å². The molecule has 2 aliphatic rings. The molecule has 2 aliphatic heterocycles. The molecule has 7 nitrogen and oxygen atoms in total. The molecule has 3 aromatic rings. The van der Waals surface area contributed by atoms with Gasteiger partial charge >= 0.3 is 0 Å². The number of nitrogens with one attached hydrogen (secondary N) is 1. The standard InChI is InChI=1S/C27H27N3O4S/c31-26-9-4-15-30(26)24-12-10-20(11-13-24)18-28-27(32)22-7-3-8-25(17-22)35(33,34)29-16-14-21-5-1-2-6-23(21)19-29/h1-3,5-8,10-13,17H,4,9,14-16,18-19H2,(H,28,32). The normalized spacial score (nSPS) is 16.2. The van der Waals surface area contributed by atoms with Gasteiger partial charge in [0.1, 0.15) is 0 Å². The minimum atomic E-state index is -3.72. The van der Waals surface area contributed by atoms with Crippen LogP contribution in [0, 0.1) is 0 Å². The molecule has 0 bridgehead atoms. The number of carbonyl (C=O) groups excluding carboxylic acids is 2. The lowest BCUT2D eigenvalue weighted by atomic mass is 10.0. The predicted molar refractivity (Wildman–Crippen MR) is 133 cm³/mol. The molecule has 0 saturated carbocycles. The highest BCUT2D eigenvalue weighted by atomic mass is 32.2. The van der Waals surface area contributed by atoms with Crippen molar-refractivity contribution in [1.29, 1.82) is 0 Å². The highest BCUT2D eigenvalue weighted by Crippen LogP contribution is 2.25. The van der Waals surface area contributed by atoms with Crippen molar-refractivity contribution in [2.45, 2.75) is 37.2 Å². The first-order valence-corrected chi connectivity index (χ1v) is 13.2. The molecule has 0 radical (unpaired) electrons. The van der Waals surface area contributed by atoms with Gasteiger partial charge < -0.3 is 10.2 Å². The van der Waals surface area contributed by atoms with E-state index in [0.29, 0.717) is 38.0 Å². The Balaban J connectivity index is 1.25. The van der Waals surface area contributed by atoms with Crippen LogP contribution >= 0.6 is 0 Å². The second kappa shape index (κ2) is 9.64. The maximum Gasteiger partial charge on any atom is 0.251 e. The van der Waals surface area contributed by atoms with Crippen molar-refractivity contribution < 1.29 is 18.0 Å². The lowest BCUT2D eigenvalue weighted by Gasteiger charge is -2.28. The first-order chi connectivity index (χ1) is 16.9. The number of hydrogen-bond donors (Lipinski definition) is 1. The molecule has 0 aliphatic carbocycles. The average Bonchev–Trinajstić information content (AvgIpc) is 3.33. The van der Waals surface area contributed by atoms with Crippen LogP contribution in [0.4, 0.5) is 5.69 Å². The van der Waals surface area contributed by atoms with Gasteiger partial charge in [-0.2, -0.15) is 4.31 Å². The summed E-state index contributed by atoms with van der Waals surface area (Å²) in [5, 5.41) is 2.86. The third-order valence-corrected chi connectivity index (χ3v) is 8.45. The van der Waals surface area contributed by atoms with Gasteiger partial charge in [-0.1, -0.05) is 42.5 Å². The van der Waals surface area contributed by atoms with Crippen molar-refractivity contribution in [3.63, 3.8) is 0 Å². The predicted octanol–water partition coefficient (Wildman–Crippen LogP) is 3.49. The molecule has 1 fully saturated rings. The fraction of sp³-hybridized carbons (Fsp3) is 0.259. The summed E-state index contributed by atoms with van der Waals surface area (Å²) < 4.78 is 28.0. The zero-order valence-corrected chi connectivity index (χ0v) is 20.1. The van der Waals surface area contributed by atoms with Crippen molar-refractivity contribution in [3.05, 3.63) is 95.1 Å². The molecule has 2 amide bonds. The number of sulfonamides is 1. The third-order valence-electron chi connectivity index (χ3n) is 6.60. The molecule has 3 aromatic carbocycles. The molecule has 180 valence electrons. The maximum absolute atomic E-state index is 13.3. The van der Waals surface area contributed by atoms with Crippen LogP contribution in [-0.4, -0.2) is 37.6 Å². The van der Waals surface area contributed by atoms with Gasteiger partial charge in [0, 0.05) is 43.9 Å². The largest absolute Gasteiger partial charge is 0.348 e. The van der Waals surface area contributed by atoms with Crippen LogP contribution in [0.1, 0.15) is 39.9 Å². The molecule has 0 spiro atoms. The molecule has 1 saturated heterocycles. The van der Waals surface area contributed by atoms with Crippen LogP contribution in [0.25, 0.3) is 0 Å². The summed E-state index contributed by atoms with van der Waals surface area (Å²) in [7, 11) is -3.72. The number of nitrogens with zero attached hydrogens (tertiary/aromatic N) is 2. The molecule has 0 aromatic heterocycles. The SMILES string of the molecule is O=C(NCc1ccc(N2CCCC2=O)cc1)c1cccc(S(=O)(=O)N2CCc3ccccc3C2)c1. The summed E-state index contributed by atoms with van der Waals surface area (Å²) in [5.74, 6) is -0.209. The van der Waals surface area contributed by atoms with Crippen LogP contribution in [0.5, 0.6) is 0 Å². The number of fused-ring (bicyclic) bond motifs is 1. The molecule has 0 atom stereocenters. The van der Waals surface area contributed by atoms with E-state index in [-0.39, 0.29) is 16.7 Å². The average molecular weight is 490 g/mol. The van der Waals surface area contributed by atoms with E-state index in [1.807, 2.05) is 48.5 Å². The Labute approximate surface area is 205 Å². The highest BCUT2D eigenvalue weighted by Gasteiger charge is 2.28. The molecule has 5 rings (SSSR count). The number of carbonyl (C=O) groups is 2. The monoisotopic (exact) mass is 489 g/mol. The zero-order chi connectivity index (χ0) is 24.4. The van der Waals surface area contributed by atoms with E-state index in [1.54, 1.807) is 17.0 Å². The summed E-state index contributed by atoms with van der Waals surface area (Å²) in [4.78, 5) is 26.6. The molecular weight excluding hydrogens is 462 g/mol. The molecular formula is C27H27N3O4S. The Morgan fingerprint density at radius 3 is 2.40 bits per heavy atom. The van der Waals surface area contributed by atoms with Gasteiger partial charge in [0.2, 0.25) is 15.9 Å².